The number of rotatable bonds is 8. The lowest BCUT2D eigenvalue weighted by Gasteiger charge is -2.06. The number of aryl methyl sites for hydroxylation is 4. The van der Waals surface area contributed by atoms with E-state index in [1.165, 1.54) is 10.7 Å². The lowest BCUT2D eigenvalue weighted by Crippen LogP contribution is -2.26. The predicted octanol–water partition coefficient (Wildman–Crippen LogP) is 2.16. The van der Waals surface area contributed by atoms with Crippen LogP contribution in [0.5, 0.6) is 0 Å². The summed E-state index contributed by atoms with van der Waals surface area (Å²) in [5.74, 6) is -0.328. The third kappa shape index (κ3) is 4.79. The number of carbonyl (C=O) groups excluding carboxylic acids is 1. The molecule has 0 radical (unpaired) electrons. The summed E-state index contributed by atoms with van der Waals surface area (Å²) in [4.78, 5) is 22.0. The van der Waals surface area contributed by atoms with Crippen molar-refractivity contribution in [3.63, 3.8) is 0 Å². The van der Waals surface area contributed by atoms with Gasteiger partial charge in [0.15, 0.2) is 0 Å². The molecule has 0 atom stereocenters. The standard InChI is InChI=1S/C15H21ClN6O3/c1-10-9-13(22(24)25)19-20(10)8-5-14(23)17-6-4-7-21-12(3)15(16)11(2)18-21/h9H,4-8H2,1-3H3,(H,17,23). The van der Waals surface area contributed by atoms with Crippen LogP contribution in [0.15, 0.2) is 6.07 Å². The molecular weight excluding hydrogens is 348 g/mol. The fourth-order valence-corrected chi connectivity index (χ4v) is 2.59. The van der Waals surface area contributed by atoms with Crippen LogP contribution in [0.2, 0.25) is 5.02 Å². The minimum atomic E-state index is -0.547. The lowest BCUT2D eigenvalue weighted by atomic mass is 10.3. The van der Waals surface area contributed by atoms with Crippen molar-refractivity contribution < 1.29 is 9.72 Å². The molecule has 0 aliphatic heterocycles. The van der Waals surface area contributed by atoms with Crippen LogP contribution in [0.4, 0.5) is 5.82 Å². The highest BCUT2D eigenvalue weighted by atomic mass is 35.5. The molecule has 25 heavy (non-hydrogen) atoms. The third-order valence-corrected chi connectivity index (χ3v) is 4.42. The number of carbonyl (C=O) groups is 1. The van der Waals surface area contributed by atoms with Gasteiger partial charge in [0.1, 0.15) is 0 Å². The topological polar surface area (TPSA) is 108 Å². The van der Waals surface area contributed by atoms with Crippen LogP contribution >= 0.6 is 11.6 Å². The van der Waals surface area contributed by atoms with Gasteiger partial charge in [-0.1, -0.05) is 11.6 Å². The Morgan fingerprint density at radius 3 is 2.56 bits per heavy atom. The van der Waals surface area contributed by atoms with Crippen molar-refractivity contribution in [1.29, 1.82) is 0 Å². The van der Waals surface area contributed by atoms with E-state index in [1.54, 1.807) is 6.92 Å². The van der Waals surface area contributed by atoms with Gasteiger partial charge in [-0.15, -0.1) is 0 Å². The van der Waals surface area contributed by atoms with E-state index in [0.717, 1.165) is 17.8 Å². The first-order valence-corrected chi connectivity index (χ1v) is 8.32. The predicted molar refractivity (Wildman–Crippen MR) is 92.6 cm³/mol. The molecule has 2 heterocycles. The molecule has 2 rings (SSSR count). The molecule has 136 valence electrons. The van der Waals surface area contributed by atoms with Crippen LogP contribution in [-0.4, -0.2) is 36.9 Å². The summed E-state index contributed by atoms with van der Waals surface area (Å²) in [6.07, 6.45) is 0.946. The van der Waals surface area contributed by atoms with Gasteiger partial charge >= 0.3 is 5.82 Å². The zero-order valence-electron chi connectivity index (χ0n) is 14.5. The van der Waals surface area contributed by atoms with Gasteiger partial charge in [-0.2, -0.15) is 9.78 Å². The first-order valence-electron chi connectivity index (χ1n) is 7.94. The second-order valence-electron chi connectivity index (χ2n) is 5.79. The van der Waals surface area contributed by atoms with E-state index >= 15 is 0 Å². The minimum Gasteiger partial charge on any atom is -0.358 e. The zero-order valence-corrected chi connectivity index (χ0v) is 15.2. The summed E-state index contributed by atoms with van der Waals surface area (Å²) >= 11 is 6.09. The van der Waals surface area contributed by atoms with Gasteiger partial charge < -0.3 is 15.4 Å². The molecule has 10 heteroatoms. The Morgan fingerprint density at radius 2 is 2.00 bits per heavy atom. The van der Waals surface area contributed by atoms with E-state index in [-0.39, 0.29) is 18.1 Å². The second kappa shape index (κ2) is 8.11. The molecule has 1 N–H and O–H groups in total. The average Bonchev–Trinajstić information content (AvgIpc) is 3.05. The second-order valence-corrected chi connectivity index (χ2v) is 6.16. The molecule has 0 spiro atoms. The molecule has 0 saturated heterocycles. The maximum atomic E-state index is 11.9. The fraction of sp³-hybridized carbons (Fsp3) is 0.533. The molecular formula is C15H21ClN6O3. The Balaban J connectivity index is 1.72. The van der Waals surface area contributed by atoms with Gasteiger partial charge in [0.2, 0.25) is 5.91 Å². The molecule has 2 aromatic rings. The van der Waals surface area contributed by atoms with Crippen LogP contribution in [0.25, 0.3) is 0 Å². The molecule has 0 aliphatic carbocycles. The van der Waals surface area contributed by atoms with Gasteiger partial charge in [-0.05, 0) is 32.1 Å². The number of hydrogen-bond acceptors (Lipinski definition) is 5. The first-order chi connectivity index (χ1) is 11.8. The van der Waals surface area contributed by atoms with Gasteiger partial charge in [-0.3, -0.25) is 9.48 Å². The summed E-state index contributed by atoms with van der Waals surface area (Å²) in [7, 11) is 0. The van der Waals surface area contributed by atoms with Crippen LogP contribution in [0, 0.1) is 30.9 Å². The minimum absolute atomic E-state index is 0.121. The Morgan fingerprint density at radius 1 is 1.28 bits per heavy atom. The fourth-order valence-electron chi connectivity index (χ4n) is 2.45. The van der Waals surface area contributed by atoms with E-state index < -0.39 is 4.92 Å². The summed E-state index contributed by atoms with van der Waals surface area (Å²) in [6.45, 7) is 6.98. The maximum absolute atomic E-state index is 11.9. The zero-order chi connectivity index (χ0) is 18.6. The summed E-state index contributed by atoms with van der Waals surface area (Å²) in [5, 5.41) is 22.4. The number of amides is 1. The Bertz CT molecular complexity index is 783. The van der Waals surface area contributed by atoms with Crippen LogP contribution < -0.4 is 5.32 Å². The quantitative estimate of drug-likeness (QED) is 0.436. The normalized spacial score (nSPS) is 10.9. The van der Waals surface area contributed by atoms with Crippen molar-refractivity contribution in [1.82, 2.24) is 24.9 Å². The van der Waals surface area contributed by atoms with Gasteiger partial charge in [0.25, 0.3) is 0 Å². The average molecular weight is 369 g/mol. The highest BCUT2D eigenvalue weighted by Gasteiger charge is 2.16. The van der Waals surface area contributed by atoms with E-state index in [4.69, 9.17) is 11.6 Å². The Hall–Kier alpha value is -2.42. The number of nitro groups is 1. The van der Waals surface area contributed by atoms with Crippen molar-refractivity contribution in [3.05, 3.63) is 38.3 Å². The highest BCUT2D eigenvalue weighted by molar-refractivity contribution is 6.31. The van der Waals surface area contributed by atoms with E-state index in [9.17, 15) is 14.9 Å². The molecule has 0 saturated carbocycles. The molecule has 9 nitrogen and oxygen atoms in total. The molecule has 0 fully saturated rings. The number of nitrogens with zero attached hydrogens (tertiary/aromatic N) is 5. The van der Waals surface area contributed by atoms with Crippen LogP contribution in [-0.2, 0) is 17.9 Å². The Labute approximate surface area is 150 Å². The van der Waals surface area contributed by atoms with Crippen molar-refractivity contribution in [2.24, 2.45) is 0 Å². The number of hydrogen-bond donors (Lipinski definition) is 1. The van der Waals surface area contributed by atoms with E-state index in [2.05, 4.69) is 15.5 Å². The third-order valence-electron chi connectivity index (χ3n) is 3.87. The smallest absolute Gasteiger partial charge is 0.358 e. The van der Waals surface area contributed by atoms with Crippen molar-refractivity contribution in [2.75, 3.05) is 6.54 Å². The molecule has 0 aromatic carbocycles. The largest absolute Gasteiger partial charge is 0.390 e. The van der Waals surface area contributed by atoms with E-state index in [1.807, 2.05) is 18.5 Å². The summed E-state index contributed by atoms with van der Waals surface area (Å²) < 4.78 is 3.30. The van der Waals surface area contributed by atoms with Crippen molar-refractivity contribution in [3.8, 4) is 0 Å². The van der Waals surface area contributed by atoms with Crippen molar-refractivity contribution in [2.45, 2.75) is 46.7 Å². The van der Waals surface area contributed by atoms with Crippen molar-refractivity contribution >= 4 is 23.3 Å². The van der Waals surface area contributed by atoms with Crippen LogP contribution in [0.3, 0.4) is 0 Å². The van der Waals surface area contributed by atoms with Gasteiger partial charge in [0, 0.05) is 19.5 Å². The number of halogens is 1. The monoisotopic (exact) mass is 368 g/mol. The summed E-state index contributed by atoms with van der Waals surface area (Å²) in [6, 6.07) is 1.39. The van der Waals surface area contributed by atoms with Crippen LogP contribution in [0.1, 0.15) is 29.9 Å². The molecule has 1 amide bonds. The highest BCUT2D eigenvalue weighted by Crippen LogP contribution is 2.18. The van der Waals surface area contributed by atoms with Gasteiger partial charge in [-0.25, -0.2) is 0 Å². The SMILES string of the molecule is Cc1nn(CCCNC(=O)CCn2nc([N+](=O)[O-])cc2C)c(C)c1Cl. The molecule has 0 unspecified atom stereocenters. The molecule has 2 aromatic heterocycles. The summed E-state index contributed by atoms with van der Waals surface area (Å²) in [5.41, 5.74) is 2.37. The molecule has 0 bridgehead atoms. The van der Waals surface area contributed by atoms with Gasteiger partial charge in [0.05, 0.1) is 39.8 Å². The Kier molecular flexibility index (Phi) is 6.13. The first kappa shape index (κ1) is 18.9. The number of aromatic nitrogens is 4. The molecule has 0 aliphatic rings. The number of nitrogens with one attached hydrogen (secondary N) is 1. The maximum Gasteiger partial charge on any atom is 0.390 e. The lowest BCUT2D eigenvalue weighted by molar-refractivity contribution is -0.389. The van der Waals surface area contributed by atoms with E-state index in [0.29, 0.717) is 30.4 Å².